The molecule has 0 aliphatic rings. The number of hydrogen-bond acceptors (Lipinski definition) is 2. The Morgan fingerprint density at radius 2 is 2.10 bits per heavy atom. The van der Waals surface area contributed by atoms with Crippen molar-refractivity contribution in [3.05, 3.63) is 30.1 Å². The minimum atomic E-state index is -1.57. The average molecular weight is 152 g/mol. The summed E-state index contributed by atoms with van der Waals surface area (Å²) in [5.41, 5.74) is 0.726. The lowest BCUT2D eigenvalue weighted by Crippen LogP contribution is -1.75. The molecule has 0 bridgehead atoms. The van der Waals surface area contributed by atoms with Crippen molar-refractivity contribution in [2.75, 3.05) is 0 Å². The van der Waals surface area contributed by atoms with Crippen LogP contribution in [0.25, 0.3) is 11.0 Å². The molecule has 0 N–H and O–H groups in total. The third-order valence-electron chi connectivity index (χ3n) is 1.35. The Labute approximate surface area is 59.0 Å². The molecule has 1 atom stereocenters. The molecule has 2 nitrogen and oxygen atoms in total. The van der Waals surface area contributed by atoms with Gasteiger partial charge in [-0.05, 0) is 12.1 Å². The van der Waals surface area contributed by atoms with Gasteiger partial charge in [0.15, 0.2) is 11.4 Å². The molecule has 2 rings (SSSR count). The summed E-state index contributed by atoms with van der Waals surface area (Å²) in [7, 11) is -1.57. The first-order valence-electron chi connectivity index (χ1n) is 2.94. The summed E-state index contributed by atoms with van der Waals surface area (Å²) in [6.07, 6.45) is 0. The van der Waals surface area contributed by atoms with Crippen LogP contribution in [0.1, 0.15) is 0 Å². The zero-order valence-electron chi connectivity index (χ0n) is 5.15. The van der Waals surface area contributed by atoms with E-state index in [2.05, 4.69) is 0 Å². The molecular formula is C7H5O2P. The van der Waals surface area contributed by atoms with Crippen LogP contribution in [0.15, 0.2) is 34.3 Å². The van der Waals surface area contributed by atoms with E-state index in [4.69, 9.17) is 4.20 Å². The van der Waals surface area contributed by atoms with Crippen LogP contribution < -0.4 is 4.89 Å². The minimum absolute atomic E-state index is 0.726. The predicted octanol–water partition coefficient (Wildman–Crippen LogP) is 1.82. The molecule has 0 radical (unpaired) electrons. The standard InChI is InChI=1S/C7H5O2P/c8-10-5-6-3-1-2-4-7(6)9-10/h1-5H. The lowest BCUT2D eigenvalue weighted by Gasteiger charge is -1.77. The molecule has 2 aromatic rings. The molecule has 10 heavy (non-hydrogen) atoms. The molecular weight excluding hydrogens is 147 g/mol. The van der Waals surface area contributed by atoms with Crippen molar-refractivity contribution in [1.82, 2.24) is 0 Å². The Morgan fingerprint density at radius 1 is 1.30 bits per heavy atom. The fraction of sp³-hybridized carbons (Fsp3) is 0. The monoisotopic (exact) mass is 152 g/mol. The largest absolute Gasteiger partial charge is 0.595 e. The van der Waals surface area contributed by atoms with Gasteiger partial charge in [-0.1, -0.05) is 12.1 Å². The van der Waals surface area contributed by atoms with Gasteiger partial charge in [-0.2, -0.15) is 0 Å². The Bertz CT molecular complexity index is 320. The fourth-order valence-corrected chi connectivity index (χ4v) is 1.76. The fourth-order valence-electron chi connectivity index (χ4n) is 0.907. The lowest BCUT2D eigenvalue weighted by atomic mass is 10.3. The van der Waals surface area contributed by atoms with E-state index in [0.717, 1.165) is 11.0 Å². The van der Waals surface area contributed by atoms with Gasteiger partial charge in [0.2, 0.25) is 0 Å². The van der Waals surface area contributed by atoms with Gasteiger partial charge < -0.3 is 4.89 Å². The second kappa shape index (κ2) is 2.08. The van der Waals surface area contributed by atoms with Crippen LogP contribution in [0, 0.1) is 0 Å². The average Bonchev–Trinajstić information content (AvgIpc) is 2.27. The number of para-hydroxylation sites is 1. The Balaban J connectivity index is 2.88. The van der Waals surface area contributed by atoms with E-state index in [1.165, 1.54) is 0 Å². The van der Waals surface area contributed by atoms with Crippen molar-refractivity contribution in [3.63, 3.8) is 0 Å². The molecule has 0 amide bonds. The van der Waals surface area contributed by atoms with Crippen LogP contribution in [0.3, 0.4) is 0 Å². The predicted molar refractivity (Wildman–Crippen MR) is 38.7 cm³/mol. The quantitative estimate of drug-likeness (QED) is 0.577. The van der Waals surface area contributed by atoms with E-state index < -0.39 is 8.00 Å². The van der Waals surface area contributed by atoms with Crippen molar-refractivity contribution in [3.8, 4) is 0 Å². The summed E-state index contributed by atoms with van der Waals surface area (Å²) < 4.78 is 4.96. The first kappa shape index (κ1) is 5.90. The summed E-state index contributed by atoms with van der Waals surface area (Å²) in [5, 5.41) is 0.934. The smallest absolute Gasteiger partial charge is 0.278 e. The minimum Gasteiger partial charge on any atom is -0.595 e. The molecule has 0 saturated heterocycles. The molecule has 0 spiro atoms. The summed E-state index contributed by atoms with van der Waals surface area (Å²) in [5.74, 6) is 1.63. The van der Waals surface area contributed by atoms with Gasteiger partial charge in [0.05, 0.1) is 5.39 Å². The van der Waals surface area contributed by atoms with Crippen LogP contribution in [-0.2, 0) is 0 Å². The van der Waals surface area contributed by atoms with Gasteiger partial charge in [-0.15, -0.1) is 0 Å². The van der Waals surface area contributed by atoms with Crippen LogP contribution in [0.5, 0.6) is 0 Å². The highest BCUT2D eigenvalue weighted by Gasteiger charge is 2.02. The van der Waals surface area contributed by atoms with E-state index in [0.29, 0.717) is 0 Å². The number of hydrogen-bond donors (Lipinski definition) is 0. The van der Waals surface area contributed by atoms with Gasteiger partial charge in [-0.25, -0.2) is 0 Å². The van der Waals surface area contributed by atoms with Gasteiger partial charge in [0.25, 0.3) is 8.00 Å². The van der Waals surface area contributed by atoms with Gasteiger partial charge in [0.1, 0.15) is 0 Å². The second-order valence-corrected chi connectivity index (χ2v) is 3.06. The molecule has 0 saturated carbocycles. The summed E-state index contributed by atoms with van der Waals surface area (Å²) in [4.78, 5) is 10.8. The van der Waals surface area contributed by atoms with Crippen molar-refractivity contribution < 1.29 is 9.09 Å². The lowest BCUT2D eigenvalue weighted by molar-refractivity contribution is -0.159. The first-order chi connectivity index (χ1) is 4.86. The van der Waals surface area contributed by atoms with E-state index >= 15 is 0 Å². The molecule has 0 aliphatic carbocycles. The number of rotatable bonds is 0. The maximum absolute atomic E-state index is 10.8. The maximum Gasteiger partial charge on any atom is 0.278 e. The first-order valence-corrected chi connectivity index (χ1v) is 4.19. The summed E-state index contributed by atoms with van der Waals surface area (Å²) in [6.45, 7) is 0. The maximum atomic E-state index is 10.8. The second-order valence-electron chi connectivity index (χ2n) is 2.04. The van der Waals surface area contributed by atoms with Crippen molar-refractivity contribution >= 4 is 19.0 Å². The SMILES string of the molecule is [O-][p+]1cc2ccccc2o1. The van der Waals surface area contributed by atoms with E-state index in [9.17, 15) is 4.89 Å². The van der Waals surface area contributed by atoms with Crippen molar-refractivity contribution in [1.29, 1.82) is 0 Å². The van der Waals surface area contributed by atoms with Crippen LogP contribution in [0.4, 0.5) is 0 Å². The molecule has 50 valence electrons. The zero-order chi connectivity index (χ0) is 6.97. The summed E-state index contributed by atoms with van der Waals surface area (Å²) >= 11 is 0. The van der Waals surface area contributed by atoms with Crippen molar-refractivity contribution in [2.24, 2.45) is 0 Å². The molecule has 1 aromatic carbocycles. The van der Waals surface area contributed by atoms with Gasteiger partial charge in [0, 0.05) is 0 Å². The zero-order valence-corrected chi connectivity index (χ0v) is 6.04. The third-order valence-corrected chi connectivity index (χ3v) is 2.22. The molecule has 1 unspecified atom stereocenters. The third kappa shape index (κ3) is 0.821. The highest BCUT2D eigenvalue weighted by molar-refractivity contribution is 7.35. The van der Waals surface area contributed by atoms with E-state index in [1.807, 2.05) is 24.3 Å². The normalized spacial score (nSPS) is 12.3. The van der Waals surface area contributed by atoms with Crippen LogP contribution in [-0.4, -0.2) is 0 Å². The molecule has 0 fully saturated rings. The molecule has 1 aromatic heterocycles. The molecule has 0 aliphatic heterocycles. The van der Waals surface area contributed by atoms with Crippen LogP contribution in [0.2, 0.25) is 0 Å². The highest BCUT2D eigenvalue weighted by atomic mass is 31.1. The Kier molecular flexibility index (Phi) is 1.23. The molecule has 3 heteroatoms. The van der Waals surface area contributed by atoms with Crippen LogP contribution >= 0.6 is 8.00 Å². The molecule has 1 heterocycles. The van der Waals surface area contributed by atoms with E-state index in [1.54, 1.807) is 5.80 Å². The van der Waals surface area contributed by atoms with Gasteiger partial charge >= 0.3 is 0 Å². The topological polar surface area (TPSA) is 36.2 Å². The van der Waals surface area contributed by atoms with E-state index in [-0.39, 0.29) is 0 Å². The summed E-state index contributed by atoms with van der Waals surface area (Å²) in [6, 6.07) is 7.45. The Morgan fingerprint density at radius 3 is 2.90 bits per heavy atom. The van der Waals surface area contributed by atoms with Gasteiger partial charge in [-0.3, -0.25) is 4.20 Å². The number of fused-ring (bicyclic) bond motifs is 1. The number of benzene rings is 1. The highest BCUT2D eigenvalue weighted by Crippen LogP contribution is 2.27. The van der Waals surface area contributed by atoms with Crippen molar-refractivity contribution in [2.45, 2.75) is 0 Å². The Hall–Kier alpha value is -0.850.